The van der Waals surface area contributed by atoms with Gasteiger partial charge in [-0.1, -0.05) is 38.3 Å². The highest BCUT2D eigenvalue weighted by Gasteiger charge is 2.64. The van der Waals surface area contributed by atoms with E-state index in [1.807, 2.05) is 12.1 Å². The lowest BCUT2D eigenvalue weighted by molar-refractivity contribution is 0.118. The molecular weight excluding hydrogens is 236 g/mol. The molecule has 2 nitrogen and oxygen atoms in total. The fourth-order valence-electron chi connectivity index (χ4n) is 3.67. The highest BCUT2D eigenvalue weighted by molar-refractivity contribution is 5.37. The number of ether oxygens (including phenoxy) is 1. The summed E-state index contributed by atoms with van der Waals surface area (Å²) in [5.41, 5.74) is 0.561. The molecule has 0 heterocycles. The lowest BCUT2D eigenvalue weighted by atomic mass is 10.0. The van der Waals surface area contributed by atoms with Gasteiger partial charge in [0.05, 0.1) is 12.2 Å². The van der Waals surface area contributed by atoms with Crippen LogP contribution in [0.15, 0.2) is 24.3 Å². The summed E-state index contributed by atoms with van der Waals surface area (Å²) in [7, 11) is 0. The van der Waals surface area contributed by atoms with Crippen LogP contribution in [-0.2, 0) is 5.60 Å². The van der Waals surface area contributed by atoms with Gasteiger partial charge in [-0.15, -0.1) is 0 Å². The van der Waals surface area contributed by atoms with Crippen LogP contribution in [0.1, 0.15) is 51.0 Å². The van der Waals surface area contributed by atoms with Gasteiger partial charge < -0.3 is 9.84 Å². The van der Waals surface area contributed by atoms with Gasteiger partial charge in [0.1, 0.15) is 5.75 Å². The molecule has 2 aliphatic rings. The summed E-state index contributed by atoms with van der Waals surface area (Å²) in [6.07, 6.45) is 7.19. The van der Waals surface area contributed by atoms with E-state index in [-0.39, 0.29) is 0 Å². The van der Waals surface area contributed by atoms with Gasteiger partial charge in [0.2, 0.25) is 0 Å². The second-order valence-electron chi connectivity index (χ2n) is 6.05. The Morgan fingerprint density at radius 2 is 1.79 bits per heavy atom. The molecule has 0 amide bonds. The van der Waals surface area contributed by atoms with Crippen molar-refractivity contribution in [2.75, 3.05) is 6.61 Å². The first-order chi connectivity index (χ1) is 9.26. The molecule has 104 valence electrons. The molecule has 2 aliphatic carbocycles. The van der Waals surface area contributed by atoms with Crippen molar-refractivity contribution in [2.24, 2.45) is 11.8 Å². The van der Waals surface area contributed by atoms with Crippen LogP contribution in [0.4, 0.5) is 0 Å². The largest absolute Gasteiger partial charge is 0.494 e. The van der Waals surface area contributed by atoms with Crippen LogP contribution < -0.4 is 4.74 Å². The Balaban J connectivity index is 1.66. The minimum Gasteiger partial charge on any atom is -0.494 e. The van der Waals surface area contributed by atoms with Gasteiger partial charge in [0, 0.05) is 0 Å². The summed E-state index contributed by atoms with van der Waals surface area (Å²) in [4.78, 5) is 0. The molecule has 2 atom stereocenters. The molecule has 1 aromatic rings. The average Bonchev–Trinajstić information content (AvgIpc) is 3.07. The fraction of sp³-hybridized carbons (Fsp3) is 0.647. The highest BCUT2D eigenvalue weighted by atomic mass is 16.5. The van der Waals surface area contributed by atoms with E-state index in [1.54, 1.807) is 0 Å². The lowest BCUT2D eigenvalue weighted by Gasteiger charge is -2.12. The van der Waals surface area contributed by atoms with Gasteiger partial charge in [0.15, 0.2) is 0 Å². The molecule has 0 saturated heterocycles. The first-order valence-electron chi connectivity index (χ1n) is 7.72. The molecule has 0 radical (unpaired) electrons. The molecule has 19 heavy (non-hydrogen) atoms. The van der Waals surface area contributed by atoms with Crippen molar-refractivity contribution in [3.63, 3.8) is 0 Å². The first kappa shape index (κ1) is 13.0. The molecule has 1 N–H and O–H groups in total. The van der Waals surface area contributed by atoms with Gasteiger partial charge in [-0.2, -0.15) is 0 Å². The summed E-state index contributed by atoms with van der Waals surface area (Å²) in [6, 6.07) is 8.12. The Kier molecular flexibility index (Phi) is 3.53. The number of hydrogen-bond acceptors (Lipinski definition) is 2. The Bertz CT molecular complexity index is 411. The molecule has 2 fully saturated rings. The third kappa shape index (κ3) is 2.27. The van der Waals surface area contributed by atoms with Crippen LogP contribution >= 0.6 is 0 Å². The molecule has 2 saturated carbocycles. The normalized spacial score (nSPS) is 32.7. The van der Waals surface area contributed by atoms with E-state index in [1.165, 1.54) is 25.7 Å². The van der Waals surface area contributed by atoms with Crippen molar-refractivity contribution in [1.29, 1.82) is 0 Å². The number of rotatable bonds is 5. The fourth-order valence-corrected chi connectivity index (χ4v) is 3.67. The molecule has 0 aromatic heterocycles. The van der Waals surface area contributed by atoms with Crippen molar-refractivity contribution in [1.82, 2.24) is 0 Å². The number of unbranched alkanes of at least 4 members (excludes halogenated alkanes) is 1. The zero-order valence-corrected chi connectivity index (χ0v) is 11.8. The third-order valence-corrected chi connectivity index (χ3v) is 4.87. The maximum Gasteiger partial charge on any atom is 0.119 e. The molecule has 0 aliphatic heterocycles. The average molecular weight is 260 g/mol. The third-order valence-electron chi connectivity index (χ3n) is 4.87. The Hall–Kier alpha value is -1.02. The Morgan fingerprint density at radius 3 is 2.37 bits per heavy atom. The predicted molar refractivity (Wildman–Crippen MR) is 76.2 cm³/mol. The van der Waals surface area contributed by atoms with Crippen LogP contribution in [0.25, 0.3) is 0 Å². The topological polar surface area (TPSA) is 29.5 Å². The zero-order chi connectivity index (χ0) is 13.3. The molecule has 2 heteroatoms. The van der Waals surface area contributed by atoms with Crippen LogP contribution in [0, 0.1) is 11.8 Å². The van der Waals surface area contributed by atoms with Crippen molar-refractivity contribution < 1.29 is 9.84 Å². The highest BCUT2D eigenvalue weighted by Crippen LogP contribution is 2.64. The maximum atomic E-state index is 10.8. The van der Waals surface area contributed by atoms with E-state index < -0.39 is 5.60 Å². The van der Waals surface area contributed by atoms with Gasteiger partial charge in [-0.05, 0) is 48.8 Å². The van der Waals surface area contributed by atoms with E-state index in [2.05, 4.69) is 19.1 Å². The standard InChI is InChI=1S/C17H24O2/c1-2-3-12-19-14-10-8-13(9-11-14)17(18)15-6-4-5-7-16(15)17/h8-11,15-16,18H,2-7,12H2,1H3. The van der Waals surface area contributed by atoms with Crippen molar-refractivity contribution in [3.05, 3.63) is 29.8 Å². The molecule has 0 spiro atoms. The molecule has 0 bridgehead atoms. The molecule has 2 unspecified atom stereocenters. The van der Waals surface area contributed by atoms with E-state index in [0.717, 1.165) is 30.8 Å². The predicted octanol–water partition coefficient (Wildman–Crippen LogP) is 3.87. The van der Waals surface area contributed by atoms with Crippen molar-refractivity contribution in [3.8, 4) is 5.75 Å². The van der Waals surface area contributed by atoms with Gasteiger partial charge in [-0.3, -0.25) is 0 Å². The van der Waals surface area contributed by atoms with Crippen LogP contribution in [0.2, 0.25) is 0 Å². The smallest absolute Gasteiger partial charge is 0.119 e. The first-order valence-corrected chi connectivity index (χ1v) is 7.72. The van der Waals surface area contributed by atoms with Gasteiger partial charge in [0.25, 0.3) is 0 Å². The monoisotopic (exact) mass is 260 g/mol. The Labute approximate surface area is 115 Å². The second-order valence-corrected chi connectivity index (χ2v) is 6.05. The summed E-state index contributed by atoms with van der Waals surface area (Å²) in [6.45, 7) is 2.95. The Morgan fingerprint density at radius 1 is 1.16 bits per heavy atom. The van der Waals surface area contributed by atoms with E-state index in [4.69, 9.17) is 4.74 Å². The van der Waals surface area contributed by atoms with Crippen LogP contribution in [0.3, 0.4) is 0 Å². The maximum absolute atomic E-state index is 10.8. The number of hydrogen-bond donors (Lipinski definition) is 1. The number of fused-ring (bicyclic) bond motifs is 1. The zero-order valence-electron chi connectivity index (χ0n) is 11.8. The lowest BCUT2D eigenvalue weighted by Crippen LogP contribution is -2.10. The van der Waals surface area contributed by atoms with Gasteiger partial charge in [-0.25, -0.2) is 0 Å². The summed E-state index contributed by atoms with van der Waals surface area (Å²) >= 11 is 0. The van der Waals surface area contributed by atoms with Crippen LogP contribution in [0.5, 0.6) is 5.75 Å². The van der Waals surface area contributed by atoms with E-state index in [0.29, 0.717) is 11.8 Å². The molecule has 1 aromatic carbocycles. The number of aliphatic hydroxyl groups is 1. The molecule has 3 rings (SSSR count). The SMILES string of the molecule is CCCCOc1ccc(C2(O)C3CCCCC32)cc1. The molecular formula is C17H24O2. The second kappa shape index (κ2) is 5.16. The minimum atomic E-state index is -0.529. The summed E-state index contributed by atoms with van der Waals surface area (Å²) in [5.74, 6) is 1.94. The number of benzene rings is 1. The summed E-state index contributed by atoms with van der Waals surface area (Å²) in [5, 5.41) is 10.8. The van der Waals surface area contributed by atoms with Crippen molar-refractivity contribution >= 4 is 0 Å². The quantitative estimate of drug-likeness (QED) is 0.814. The summed E-state index contributed by atoms with van der Waals surface area (Å²) < 4.78 is 5.67. The minimum absolute atomic E-state index is 0.508. The van der Waals surface area contributed by atoms with Gasteiger partial charge >= 0.3 is 0 Å². The van der Waals surface area contributed by atoms with Crippen molar-refractivity contribution in [2.45, 2.75) is 51.0 Å². The van der Waals surface area contributed by atoms with E-state index >= 15 is 0 Å². The van der Waals surface area contributed by atoms with Crippen LogP contribution in [-0.4, -0.2) is 11.7 Å². The van der Waals surface area contributed by atoms with E-state index in [9.17, 15) is 5.11 Å².